The summed E-state index contributed by atoms with van der Waals surface area (Å²) in [6.45, 7) is 0.508. The molecule has 4 rings (SSSR count). The zero-order valence-corrected chi connectivity index (χ0v) is 9.86. The van der Waals surface area contributed by atoms with Crippen LogP contribution in [0.2, 0.25) is 0 Å². The van der Waals surface area contributed by atoms with Gasteiger partial charge in [0.15, 0.2) is 0 Å². The fraction of sp³-hybridized carbons (Fsp3) is 0.0769. The first-order chi connectivity index (χ1) is 9.33. The van der Waals surface area contributed by atoms with Crippen LogP contribution in [-0.2, 0) is 16.2 Å². The number of carbonyl (C=O) groups is 1. The van der Waals surface area contributed by atoms with Crippen LogP contribution < -0.4 is 10.8 Å². The van der Waals surface area contributed by atoms with Crippen molar-refractivity contribution >= 4 is 28.9 Å². The number of amides is 1. The minimum Gasteiger partial charge on any atom is -0.345 e. The maximum Gasteiger partial charge on any atom is 0.256 e. The van der Waals surface area contributed by atoms with Gasteiger partial charge in [-0.1, -0.05) is 6.07 Å². The number of carbonyl (C=O) groups excluding carboxylic acids is 1. The van der Waals surface area contributed by atoms with Crippen molar-refractivity contribution in [2.24, 2.45) is 0 Å². The highest BCUT2D eigenvalue weighted by Crippen LogP contribution is 2.42. The molecule has 6 heteroatoms. The molecular weight excluding hydrogens is 244 g/mol. The van der Waals surface area contributed by atoms with Crippen LogP contribution in [0.1, 0.15) is 16.8 Å². The normalized spacial score (nSPS) is 18.1. The van der Waals surface area contributed by atoms with E-state index in [-0.39, 0.29) is 5.91 Å². The van der Waals surface area contributed by atoms with Gasteiger partial charge in [-0.15, -0.1) is 0 Å². The van der Waals surface area contributed by atoms with Crippen molar-refractivity contribution in [2.45, 2.75) is 6.61 Å². The number of anilines is 2. The van der Waals surface area contributed by atoms with E-state index < -0.39 is 0 Å². The molecule has 0 saturated carbocycles. The van der Waals surface area contributed by atoms with Crippen LogP contribution >= 0.6 is 0 Å². The number of aromatic nitrogens is 2. The molecule has 0 radical (unpaired) electrons. The van der Waals surface area contributed by atoms with Gasteiger partial charge in [-0.25, -0.2) is 4.98 Å². The average molecular weight is 254 g/mol. The van der Waals surface area contributed by atoms with Gasteiger partial charge in [0.1, 0.15) is 6.61 Å². The van der Waals surface area contributed by atoms with E-state index in [0.29, 0.717) is 12.2 Å². The van der Waals surface area contributed by atoms with Crippen molar-refractivity contribution in [1.29, 1.82) is 0 Å². The van der Waals surface area contributed by atoms with E-state index in [2.05, 4.69) is 20.8 Å². The van der Waals surface area contributed by atoms with Gasteiger partial charge in [0.2, 0.25) is 0 Å². The van der Waals surface area contributed by atoms with Crippen molar-refractivity contribution in [1.82, 2.24) is 9.97 Å². The summed E-state index contributed by atoms with van der Waals surface area (Å²) in [6.07, 6.45) is 5.04. The van der Waals surface area contributed by atoms with Gasteiger partial charge in [0, 0.05) is 11.1 Å². The van der Waals surface area contributed by atoms with Gasteiger partial charge in [0.25, 0.3) is 5.91 Å². The molecule has 19 heavy (non-hydrogen) atoms. The summed E-state index contributed by atoms with van der Waals surface area (Å²) in [5, 5.41) is 2.85. The van der Waals surface area contributed by atoms with Crippen molar-refractivity contribution < 1.29 is 9.63 Å². The number of benzene rings is 1. The van der Waals surface area contributed by atoms with Gasteiger partial charge in [-0.2, -0.15) is 0 Å². The Kier molecular flexibility index (Phi) is 2.01. The molecule has 94 valence electrons. The number of nitrogens with zero attached hydrogens (tertiary/aromatic N) is 1. The molecule has 3 N–H and O–H groups in total. The summed E-state index contributed by atoms with van der Waals surface area (Å²) >= 11 is 0. The zero-order valence-electron chi connectivity index (χ0n) is 9.86. The average Bonchev–Trinajstić information content (AvgIpc) is 3.10. The monoisotopic (exact) mass is 254 g/mol. The number of hydrogen-bond donors (Lipinski definition) is 3. The molecule has 1 aromatic heterocycles. The second-order valence-corrected chi connectivity index (χ2v) is 4.43. The minimum absolute atomic E-state index is 0.119. The fourth-order valence-corrected chi connectivity index (χ4v) is 2.39. The fourth-order valence-electron chi connectivity index (χ4n) is 2.39. The lowest BCUT2D eigenvalue weighted by molar-refractivity contribution is -0.110. The smallest absolute Gasteiger partial charge is 0.256 e. The van der Waals surface area contributed by atoms with Crippen LogP contribution in [0.4, 0.5) is 11.4 Å². The number of aromatic amines is 1. The van der Waals surface area contributed by atoms with E-state index in [4.69, 9.17) is 4.84 Å². The van der Waals surface area contributed by atoms with Crippen LogP contribution in [0.5, 0.6) is 0 Å². The maximum atomic E-state index is 12.1. The Morgan fingerprint density at radius 1 is 1.37 bits per heavy atom. The van der Waals surface area contributed by atoms with Gasteiger partial charge >= 0.3 is 0 Å². The molecule has 1 amide bonds. The number of H-pyrrole nitrogens is 1. The number of fused-ring (bicyclic) bond motifs is 3. The third-order valence-electron chi connectivity index (χ3n) is 3.27. The van der Waals surface area contributed by atoms with Crippen molar-refractivity contribution in [2.75, 3.05) is 10.8 Å². The maximum absolute atomic E-state index is 12.1. The van der Waals surface area contributed by atoms with Gasteiger partial charge in [-0.3, -0.25) is 15.1 Å². The molecule has 0 bridgehead atoms. The molecule has 2 aromatic rings. The number of rotatable bonds is 1. The topological polar surface area (TPSA) is 79.0 Å². The molecule has 2 aliphatic heterocycles. The molecule has 2 aliphatic rings. The van der Waals surface area contributed by atoms with E-state index >= 15 is 0 Å². The standard InChI is InChI=1S/C13H10N4O2/c18-13-9(3-8-4-14-6-15-8)11-10(16-13)2-1-7-5-19-17-12(7)11/h1-4,6,17H,5H2,(H,14,15)(H,16,18)/b9-3-. The highest BCUT2D eigenvalue weighted by molar-refractivity contribution is 6.36. The Morgan fingerprint density at radius 2 is 2.32 bits per heavy atom. The first-order valence-corrected chi connectivity index (χ1v) is 5.88. The highest BCUT2D eigenvalue weighted by atomic mass is 16.6. The van der Waals surface area contributed by atoms with Crippen molar-refractivity contribution in [3.63, 3.8) is 0 Å². The summed E-state index contributed by atoms with van der Waals surface area (Å²) in [5.41, 5.74) is 7.83. The minimum atomic E-state index is -0.119. The molecule has 1 aromatic carbocycles. The summed E-state index contributed by atoms with van der Waals surface area (Å²) in [6, 6.07) is 3.85. The van der Waals surface area contributed by atoms with E-state index in [1.54, 1.807) is 18.6 Å². The Hall–Kier alpha value is -2.60. The molecule has 0 unspecified atom stereocenters. The second-order valence-electron chi connectivity index (χ2n) is 4.43. The molecule has 6 nitrogen and oxygen atoms in total. The number of nitrogens with one attached hydrogen (secondary N) is 3. The van der Waals surface area contributed by atoms with E-state index in [1.807, 2.05) is 12.1 Å². The first-order valence-electron chi connectivity index (χ1n) is 5.88. The largest absolute Gasteiger partial charge is 0.345 e. The molecule has 0 aliphatic carbocycles. The van der Waals surface area contributed by atoms with Gasteiger partial charge < -0.3 is 10.3 Å². The van der Waals surface area contributed by atoms with Crippen LogP contribution in [0.3, 0.4) is 0 Å². The molecule has 0 fully saturated rings. The lowest BCUT2D eigenvalue weighted by Gasteiger charge is -2.05. The van der Waals surface area contributed by atoms with Crippen molar-refractivity contribution in [3.05, 3.63) is 41.5 Å². The zero-order chi connectivity index (χ0) is 12.8. The Labute approximate surface area is 108 Å². The number of hydrogen-bond acceptors (Lipinski definition) is 4. The predicted molar refractivity (Wildman–Crippen MR) is 69.9 cm³/mol. The Morgan fingerprint density at radius 3 is 3.16 bits per heavy atom. The van der Waals surface area contributed by atoms with Crippen molar-refractivity contribution in [3.8, 4) is 0 Å². The van der Waals surface area contributed by atoms with E-state index in [9.17, 15) is 4.79 Å². The molecular formula is C13H10N4O2. The first kappa shape index (κ1) is 10.3. The van der Waals surface area contributed by atoms with Crippen LogP contribution in [0.25, 0.3) is 11.6 Å². The summed E-state index contributed by atoms with van der Waals surface area (Å²) < 4.78 is 0. The SMILES string of the molecule is O=C1Nc2ccc3c(c2/C1=C/c1cnc[nH]1)NOC3. The van der Waals surface area contributed by atoms with Crippen LogP contribution in [-0.4, -0.2) is 15.9 Å². The number of imidazole rings is 1. The van der Waals surface area contributed by atoms with E-state index in [0.717, 1.165) is 28.2 Å². The third kappa shape index (κ3) is 1.47. The van der Waals surface area contributed by atoms with Gasteiger partial charge in [-0.05, 0) is 12.1 Å². The second kappa shape index (κ2) is 3.69. The lowest BCUT2D eigenvalue weighted by atomic mass is 10.0. The van der Waals surface area contributed by atoms with Gasteiger partial charge in [0.05, 0.1) is 35.2 Å². The summed E-state index contributed by atoms with van der Waals surface area (Å²) in [7, 11) is 0. The molecule has 0 spiro atoms. The highest BCUT2D eigenvalue weighted by Gasteiger charge is 2.30. The quantitative estimate of drug-likeness (QED) is 0.677. The lowest BCUT2D eigenvalue weighted by Crippen LogP contribution is -2.03. The molecule has 0 atom stereocenters. The Bertz CT molecular complexity index is 704. The van der Waals surface area contributed by atoms with Crippen LogP contribution in [0, 0.1) is 0 Å². The molecule has 0 saturated heterocycles. The third-order valence-corrected chi connectivity index (χ3v) is 3.27. The molecule has 3 heterocycles. The van der Waals surface area contributed by atoms with E-state index in [1.165, 1.54) is 0 Å². The predicted octanol–water partition coefficient (Wildman–Crippen LogP) is 1.76. The summed E-state index contributed by atoms with van der Waals surface area (Å²) in [5.74, 6) is -0.119. The summed E-state index contributed by atoms with van der Waals surface area (Å²) in [4.78, 5) is 24.2. The Balaban J connectivity index is 1.92. The van der Waals surface area contributed by atoms with Crippen LogP contribution in [0.15, 0.2) is 24.7 Å².